The molecule has 0 saturated heterocycles. The van der Waals surface area contributed by atoms with Crippen LogP contribution in [0.2, 0.25) is 5.02 Å². The predicted molar refractivity (Wildman–Crippen MR) is 148 cm³/mol. The van der Waals surface area contributed by atoms with Gasteiger partial charge >= 0.3 is 0 Å². The van der Waals surface area contributed by atoms with Gasteiger partial charge in [-0.15, -0.1) is 0 Å². The molecule has 2 N–H and O–H groups in total. The average molecular weight is 546 g/mol. The number of fused-ring (bicyclic) bond motifs is 1. The van der Waals surface area contributed by atoms with Crippen LogP contribution in [-0.4, -0.2) is 21.8 Å². The molecule has 2 amide bonds. The molecule has 38 heavy (non-hydrogen) atoms. The van der Waals surface area contributed by atoms with Crippen LogP contribution >= 0.6 is 22.9 Å². The first-order valence-corrected chi connectivity index (χ1v) is 13.2. The van der Waals surface area contributed by atoms with Gasteiger partial charge in [0.15, 0.2) is 5.13 Å². The van der Waals surface area contributed by atoms with E-state index < -0.39 is 11.3 Å². The number of carbonyl (C=O) groups excluding carboxylic acids is 2. The summed E-state index contributed by atoms with van der Waals surface area (Å²) in [7, 11) is 0. The zero-order chi connectivity index (χ0) is 27.0. The second kappa shape index (κ2) is 10.0. The Morgan fingerprint density at radius 3 is 2.66 bits per heavy atom. The number of benzene rings is 2. The fraction of sp³-hybridized carbons (Fsp3) is 0.250. The molecule has 0 spiro atoms. The normalized spacial score (nSPS) is 13.1. The van der Waals surface area contributed by atoms with E-state index in [0.29, 0.717) is 38.4 Å². The lowest BCUT2D eigenvalue weighted by Gasteiger charge is -2.19. The number of aryl methyl sites for hydroxylation is 1. The topological polar surface area (TPSA) is 117 Å². The van der Waals surface area contributed by atoms with Gasteiger partial charge in [-0.3, -0.25) is 9.59 Å². The second-order valence-electron chi connectivity index (χ2n) is 9.70. The molecule has 1 fully saturated rings. The number of aromatic nitrogens is 2. The highest BCUT2D eigenvalue weighted by Gasteiger charge is 2.30. The summed E-state index contributed by atoms with van der Waals surface area (Å²) < 4.78 is 6.05. The van der Waals surface area contributed by atoms with Crippen molar-refractivity contribution in [3.63, 3.8) is 0 Å². The van der Waals surface area contributed by atoms with Crippen molar-refractivity contribution < 1.29 is 14.3 Å². The third kappa shape index (κ3) is 5.32. The number of thiazole rings is 1. The lowest BCUT2D eigenvalue weighted by molar-refractivity contribution is -0.117. The molecule has 1 aliphatic carbocycles. The van der Waals surface area contributed by atoms with Gasteiger partial charge in [0, 0.05) is 23.7 Å². The van der Waals surface area contributed by atoms with Crippen molar-refractivity contribution in [1.29, 1.82) is 5.26 Å². The Kier molecular flexibility index (Phi) is 6.78. The fourth-order valence-corrected chi connectivity index (χ4v) is 5.09. The average Bonchev–Trinajstić information content (AvgIpc) is 3.66. The van der Waals surface area contributed by atoms with Gasteiger partial charge in [0.1, 0.15) is 16.1 Å². The quantitative estimate of drug-likeness (QED) is 0.262. The van der Waals surface area contributed by atoms with Gasteiger partial charge in [0.25, 0.3) is 5.91 Å². The summed E-state index contributed by atoms with van der Waals surface area (Å²) in [6, 6.07) is 16.1. The number of carbonyl (C=O) groups is 2. The Balaban J connectivity index is 1.34. The van der Waals surface area contributed by atoms with Crippen molar-refractivity contribution in [3.8, 4) is 17.7 Å². The minimum atomic E-state index is -0.839. The molecular formula is C28H24ClN5O3S. The van der Waals surface area contributed by atoms with Crippen molar-refractivity contribution in [2.45, 2.75) is 39.0 Å². The molecule has 4 aromatic rings. The molecular weight excluding hydrogens is 522 g/mol. The molecule has 2 aromatic carbocycles. The Bertz CT molecular complexity index is 1620. The highest BCUT2D eigenvalue weighted by atomic mass is 35.5. The van der Waals surface area contributed by atoms with Crippen molar-refractivity contribution in [1.82, 2.24) is 9.97 Å². The SMILES string of the molecule is Cc1ccc(NC(=O)c2cccc(C(C)(C)C#N)c2Cl)cc1Oc1ccc2nc(NC(=O)C3CC3)sc2n1. The van der Waals surface area contributed by atoms with Crippen molar-refractivity contribution >= 4 is 55.9 Å². The number of nitrogens with one attached hydrogen (secondary N) is 2. The molecule has 0 radical (unpaired) electrons. The molecule has 5 rings (SSSR count). The number of amides is 2. The molecule has 192 valence electrons. The van der Waals surface area contributed by atoms with Crippen LogP contribution in [0, 0.1) is 24.2 Å². The minimum Gasteiger partial charge on any atom is -0.439 e. The molecule has 10 heteroatoms. The molecule has 2 heterocycles. The summed E-state index contributed by atoms with van der Waals surface area (Å²) in [5.41, 5.74) is 2.06. The maximum Gasteiger partial charge on any atom is 0.257 e. The number of pyridine rings is 1. The number of nitriles is 1. The Morgan fingerprint density at radius 2 is 1.92 bits per heavy atom. The number of nitrogens with zero attached hydrogens (tertiary/aromatic N) is 3. The number of rotatable bonds is 7. The minimum absolute atomic E-state index is 0.00296. The van der Waals surface area contributed by atoms with Crippen LogP contribution in [0.1, 0.15) is 48.2 Å². The molecule has 0 bridgehead atoms. The third-order valence-corrected chi connectivity index (χ3v) is 7.55. The summed E-state index contributed by atoms with van der Waals surface area (Å²) in [5.74, 6) is 0.574. The number of hydrogen-bond donors (Lipinski definition) is 2. The van der Waals surface area contributed by atoms with E-state index in [0.717, 1.165) is 18.4 Å². The summed E-state index contributed by atoms with van der Waals surface area (Å²) in [5, 5.41) is 16.0. The number of hydrogen-bond acceptors (Lipinski definition) is 7. The Labute approximate surface area is 228 Å². The molecule has 0 atom stereocenters. The van der Waals surface area contributed by atoms with Gasteiger partial charge in [-0.2, -0.15) is 5.26 Å². The molecule has 1 aliphatic rings. The first kappa shape index (κ1) is 25.6. The van der Waals surface area contributed by atoms with Gasteiger partial charge in [-0.1, -0.05) is 41.1 Å². The van der Waals surface area contributed by atoms with Crippen LogP contribution < -0.4 is 15.4 Å². The third-order valence-electron chi connectivity index (χ3n) is 6.26. The molecule has 8 nitrogen and oxygen atoms in total. The fourth-order valence-electron chi connectivity index (χ4n) is 3.81. The first-order valence-electron chi connectivity index (χ1n) is 12.0. The molecule has 0 aliphatic heterocycles. The summed E-state index contributed by atoms with van der Waals surface area (Å²) in [4.78, 5) is 34.7. The van der Waals surface area contributed by atoms with Crippen LogP contribution in [0.25, 0.3) is 10.3 Å². The lowest BCUT2D eigenvalue weighted by Crippen LogP contribution is -2.18. The smallest absolute Gasteiger partial charge is 0.257 e. The summed E-state index contributed by atoms with van der Waals surface area (Å²) in [6.07, 6.45) is 1.84. The van der Waals surface area contributed by atoms with Crippen molar-refractivity contribution in [2.24, 2.45) is 5.92 Å². The largest absolute Gasteiger partial charge is 0.439 e. The van der Waals surface area contributed by atoms with E-state index in [-0.39, 0.29) is 22.4 Å². The predicted octanol–water partition coefficient (Wildman–Crippen LogP) is 6.85. The number of anilines is 2. The Hall–Kier alpha value is -4.00. The Morgan fingerprint density at radius 1 is 1.13 bits per heavy atom. The maximum atomic E-state index is 13.1. The summed E-state index contributed by atoms with van der Waals surface area (Å²) in [6.45, 7) is 5.40. The monoisotopic (exact) mass is 545 g/mol. The zero-order valence-electron chi connectivity index (χ0n) is 21.0. The second-order valence-corrected chi connectivity index (χ2v) is 11.1. The van der Waals surface area contributed by atoms with Gasteiger partial charge in [0.2, 0.25) is 11.8 Å². The van der Waals surface area contributed by atoms with E-state index in [4.69, 9.17) is 16.3 Å². The van der Waals surface area contributed by atoms with E-state index in [2.05, 4.69) is 26.7 Å². The van der Waals surface area contributed by atoms with Crippen LogP contribution in [0.15, 0.2) is 48.5 Å². The number of halogens is 1. The maximum absolute atomic E-state index is 13.1. The molecule has 2 aromatic heterocycles. The highest BCUT2D eigenvalue weighted by Crippen LogP contribution is 2.35. The van der Waals surface area contributed by atoms with Gasteiger partial charge in [0.05, 0.1) is 22.1 Å². The molecule has 1 saturated carbocycles. The molecule has 0 unspecified atom stereocenters. The van der Waals surface area contributed by atoms with Crippen LogP contribution in [0.5, 0.6) is 11.6 Å². The van der Waals surface area contributed by atoms with Crippen molar-refractivity contribution in [2.75, 3.05) is 10.6 Å². The van der Waals surface area contributed by atoms with Gasteiger partial charge in [-0.25, -0.2) is 9.97 Å². The van der Waals surface area contributed by atoms with E-state index in [9.17, 15) is 14.9 Å². The van der Waals surface area contributed by atoms with Crippen LogP contribution in [0.4, 0.5) is 10.8 Å². The summed E-state index contributed by atoms with van der Waals surface area (Å²) >= 11 is 7.81. The van der Waals surface area contributed by atoms with Crippen LogP contribution in [0.3, 0.4) is 0 Å². The van der Waals surface area contributed by atoms with E-state index in [1.807, 2.05) is 13.0 Å². The standard InChI is InChI=1S/C28H24ClN5O3S/c1-15-7-10-17(31-25(36)18-5-4-6-19(23(18)29)28(2,3)14-30)13-21(15)37-22-12-11-20-26(33-22)38-27(32-20)34-24(35)16-8-9-16/h4-7,10-13,16H,8-9H2,1-3H3,(H,31,36)(H,32,34,35). The van der Waals surface area contributed by atoms with Gasteiger partial charge in [-0.05, 0) is 62.9 Å². The van der Waals surface area contributed by atoms with E-state index >= 15 is 0 Å². The zero-order valence-corrected chi connectivity index (χ0v) is 22.5. The van der Waals surface area contributed by atoms with Crippen molar-refractivity contribution in [3.05, 3.63) is 70.2 Å². The van der Waals surface area contributed by atoms with E-state index in [1.54, 1.807) is 56.3 Å². The number of ether oxygens (including phenoxy) is 1. The van der Waals surface area contributed by atoms with E-state index in [1.165, 1.54) is 11.3 Å². The lowest BCUT2D eigenvalue weighted by atomic mass is 9.85. The van der Waals surface area contributed by atoms with Gasteiger partial charge < -0.3 is 15.4 Å². The van der Waals surface area contributed by atoms with Crippen LogP contribution in [-0.2, 0) is 10.2 Å². The highest BCUT2D eigenvalue weighted by molar-refractivity contribution is 7.21. The first-order chi connectivity index (χ1) is 18.1.